The summed E-state index contributed by atoms with van der Waals surface area (Å²) in [7, 11) is 0. The van der Waals surface area contributed by atoms with Gasteiger partial charge in [-0.25, -0.2) is 5.43 Å². The average molecular weight is 432 g/mol. The summed E-state index contributed by atoms with van der Waals surface area (Å²) >= 11 is 5.99. The average Bonchev–Trinajstić information content (AvgIpc) is 3.37. The molecule has 30 heavy (non-hydrogen) atoms. The van der Waals surface area contributed by atoms with Crippen LogP contribution in [0.25, 0.3) is 0 Å². The third-order valence-electron chi connectivity index (χ3n) is 7.27. The predicted molar refractivity (Wildman–Crippen MR) is 116 cm³/mol. The van der Waals surface area contributed by atoms with E-state index in [0.717, 1.165) is 36.6 Å². The Hall–Kier alpha value is -1.83. The van der Waals surface area contributed by atoms with E-state index < -0.39 is 0 Å². The highest BCUT2D eigenvalue weighted by molar-refractivity contribution is 6.30. The Morgan fingerprint density at radius 3 is 2.50 bits per heavy atom. The molecule has 4 fully saturated rings. The van der Waals surface area contributed by atoms with Gasteiger partial charge < -0.3 is 14.7 Å². The van der Waals surface area contributed by atoms with Crippen LogP contribution in [0.2, 0.25) is 5.02 Å². The summed E-state index contributed by atoms with van der Waals surface area (Å²) in [4.78, 5) is 32.1. The first-order valence-corrected chi connectivity index (χ1v) is 11.6. The molecule has 2 N–H and O–H groups in total. The minimum absolute atomic E-state index is 0.0300. The third kappa shape index (κ3) is 3.79. The molecular weight excluding hydrogens is 402 g/mol. The summed E-state index contributed by atoms with van der Waals surface area (Å²) in [5.74, 6) is 0.481. The Kier molecular flexibility index (Phi) is 5.60. The number of piperazine rings is 1. The number of halogens is 1. The van der Waals surface area contributed by atoms with E-state index in [9.17, 15) is 9.59 Å². The second-order valence-electron chi connectivity index (χ2n) is 9.02. The molecule has 0 radical (unpaired) electrons. The lowest BCUT2D eigenvalue weighted by Gasteiger charge is -2.37. The summed E-state index contributed by atoms with van der Waals surface area (Å²) in [5.41, 5.74) is 7.87. The van der Waals surface area contributed by atoms with Crippen molar-refractivity contribution >= 4 is 29.1 Å². The van der Waals surface area contributed by atoms with Crippen molar-refractivity contribution in [2.75, 3.05) is 37.6 Å². The molecule has 2 amide bonds. The highest BCUT2D eigenvalue weighted by atomic mass is 35.5. The SMILES string of the molecule is O=C(C1CC(=O)N(C2NNC3CCCCC32)C1)N1CCN(c2ccc(Cl)cc2)CC1. The number of hydrogen-bond acceptors (Lipinski definition) is 5. The first-order chi connectivity index (χ1) is 14.6. The fourth-order valence-corrected chi connectivity index (χ4v) is 5.71. The van der Waals surface area contributed by atoms with Crippen molar-refractivity contribution < 1.29 is 9.59 Å². The maximum atomic E-state index is 13.2. The molecule has 3 saturated heterocycles. The van der Waals surface area contributed by atoms with Crippen molar-refractivity contribution in [2.45, 2.75) is 44.3 Å². The van der Waals surface area contributed by atoms with E-state index in [1.165, 1.54) is 12.8 Å². The molecule has 162 valence electrons. The Bertz CT molecular complexity index is 795. The van der Waals surface area contributed by atoms with Crippen molar-refractivity contribution in [2.24, 2.45) is 11.8 Å². The molecule has 5 rings (SSSR count). The molecule has 4 unspecified atom stereocenters. The second kappa shape index (κ2) is 8.36. The van der Waals surface area contributed by atoms with Crippen LogP contribution in [0.5, 0.6) is 0 Å². The molecule has 0 spiro atoms. The smallest absolute Gasteiger partial charge is 0.228 e. The second-order valence-corrected chi connectivity index (χ2v) is 9.46. The van der Waals surface area contributed by atoms with E-state index in [1.54, 1.807) is 0 Å². The summed E-state index contributed by atoms with van der Waals surface area (Å²) in [5, 5.41) is 0.731. The molecule has 4 aliphatic rings. The van der Waals surface area contributed by atoms with Crippen molar-refractivity contribution in [3.05, 3.63) is 29.3 Å². The highest BCUT2D eigenvalue weighted by Gasteiger charge is 2.46. The molecule has 3 heterocycles. The number of hydrazine groups is 1. The minimum atomic E-state index is -0.218. The van der Waals surface area contributed by atoms with Gasteiger partial charge in [0.15, 0.2) is 0 Å². The lowest BCUT2D eigenvalue weighted by Crippen LogP contribution is -2.51. The molecule has 1 saturated carbocycles. The van der Waals surface area contributed by atoms with Crippen LogP contribution in [-0.4, -0.2) is 66.5 Å². The Balaban J connectivity index is 1.17. The van der Waals surface area contributed by atoms with Crippen LogP contribution in [0.15, 0.2) is 24.3 Å². The molecule has 1 aromatic carbocycles. The number of anilines is 1. The van der Waals surface area contributed by atoms with Crippen molar-refractivity contribution in [3.8, 4) is 0 Å². The largest absolute Gasteiger partial charge is 0.368 e. The zero-order chi connectivity index (χ0) is 20.7. The van der Waals surface area contributed by atoms with Gasteiger partial charge >= 0.3 is 0 Å². The molecule has 4 atom stereocenters. The minimum Gasteiger partial charge on any atom is -0.368 e. The van der Waals surface area contributed by atoms with Gasteiger partial charge in [0.25, 0.3) is 0 Å². The normalized spacial score (nSPS) is 31.9. The first kappa shape index (κ1) is 20.1. The van der Waals surface area contributed by atoms with E-state index in [-0.39, 0.29) is 23.9 Å². The third-order valence-corrected chi connectivity index (χ3v) is 7.52. The van der Waals surface area contributed by atoms with E-state index >= 15 is 0 Å². The lowest BCUT2D eigenvalue weighted by atomic mass is 9.84. The number of rotatable bonds is 3. The number of carbonyl (C=O) groups excluding carboxylic acids is 2. The molecular formula is C22H30ClN5O2. The topological polar surface area (TPSA) is 67.9 Å². The molecule has 7 nitrogen and oxygen atoms in total. The lowest BCUT2D eigenvalue weighted by molar-refractivity contribution is -0.136. The predicted octanol–water partition coefficient (Wildman–Crippen LogP) is 1.83. The standard InChI is InChI=1S/C22H30ClN5O2/c23-16-5-7-17(8-6-16)26-9-11-27(12-10-26)22(30)15-13-20(29)28(14-15)21-18-3-1-2-4-19(18)24-25-21/h5-8,15,18-19,21,24-25H,1-4,9-14H2. The van der Waals surface area contributed by atoms with Crippen LogP contribution in [0.1, 0.15) is 32.1 Å². The summed E-state index contributed by atoms with van der Waals surface area (Å²) in [6, 6.07) is 8.29. The number of nitrogens with zero attached hydrogens (tertiary/aromatic N) is 3. The van der Waals surface area contributed by atoms with E-state index in [4.69, 9.17) is 11.6 Å². The van der Waals surface area contributed by atoms with Gasteiger partial charge in [-0.05, 0) is 37.1 Å². The quantitative estimate of drug-likeness (QED) is 0.764. The molecule has 0 bridgehead atoms. The van der Waals surface area contributed by atoms with Crippen LogP contribution in [0.3, 0.4) is 0 Å². The number of fused-ring (bicyclic) bond motifs is 1. The number of likely N-dealkylation sites (tertiary alicyclic amines) is 1. The highest BCUT2D eigenvalue weighted by Crippen LogP contribution is 2.34. The Labute approximate surface area is 182 Å². The van der Waals surface area contributed by atoms with E-state index in [2.05, 4.69) is 15.8 Å². The Morgan fingerprint density at radius 1 is 1.00 bits per heavy atom. The fourth-order valence-electron chi connectivity index (χ4n) is 5.59. The van der Waals surface area contributed by atoms with Gasteiger partial charge in [-0.15, -0.1) is 0 Å². The van der Waals surface area contributed by atoms with Gasteiger partial charge in [0.05, 0.1) is 12.1 Å². The summed E-state index contributed by atoms with van der Waals surface area (Å²) in [6.45, 7) is 3.53. The summed E-state index contributed by atoms with van der Waals surface area (Å²) < 4.78 is 0. The fraction of sp³-hybridized carbons (Fsp3) is 0.636. The number of carbonyl (C=O) groups is 2. The molecule has 1 aliphatic carbocycles. The van der Waals surface area contributed by atoms with Crippen LogP contribution >= 0.6 is 11.6 Å². The molecule has 0 aromatic heterocycles. The zero-order valence-electron chi connectivity index (χ0n) is 17.2. The molecule has 8 heteroatoms. The van der Waals surface area contributed by atoms with Gasteiger partial charge in [0.2, 0.25) is 11.8 Å². The van der Waals surface area contributed by atoms with Crippen LogP contribution in [0.4, 0.5) is 5.69 Å². The Morgan fingerprint density at radius 2 is 1.73 bits per heavy atom. The maximum Gasteiger partial charge on any atom is 0.228 e. The van der Waals surface area contributed by atoms with Crippen molar-refractivity contribution in [1.29, 1.82) is 0 Å². The zero-order valence-corrected chi connectivity index (χ0v) is 18.0. The van der Waals surface area contributed by atoms with E-state index in [1.807, 2.05) is 34.1 Å². The van der Waals surface area contributed by atoms with Crippen molar-refractivity contribution in [3.63, 3.8) is 0 Å². The monoisotopic (exact) mass is 431 g/mol. The number of hydrogen-bond donors (Lipinski definition) is 2. The summed E-state index contributed by atoms with van der Waals surface area (Å²) in [6.07, 6.45) is 5.15. The van der Waals surface area contributed by atoms with E-state index in [0.29, 0.717) is 38.0 Å². The first-order valence-electron chi connectivity index (χ1n) is 11.2. The van der Waals surface area contributed by atoms with Crippen molar-refractivity contribution in [1.82, 2.24) is 20.7 Å². The van der Waals surface area contributed by atoms with Crippen LogP contribution < -0.4 is 15.8 Å². The number of amides is 2. The molecule has 3 aliphatic heterocycles. The van der Waals surface area contributed by atoms with Crippen LogP contribution in [-0.2, 0) is 9.59 Å². The van der Waals surface area contributed by atoms with Gasteiger partial charge in [0.1, 0.15) is 0 Å². The van der Waals surface area contributed by atoms with Gasteiger partial charge in [0, 0.05) is 61.8 Å². The molecule has 1 aromatic rings. The number of benzene rings is 1. The van der Waals surface area contributed by atoms with Gasteiger partial charge in [-0.2, -0.15) is 0 Å². The maximum absolute atomic E-state index is 13.2. The van der Waals surface area contributed by atoms with Crippen LogP contribution in [0, 0.1) is 11.8 Å². The van der Waals surface area contributed by atoms with Gasteiger partial charge in [-0.1, -0.05) is 24.4 Å². The van der Waals surface area contributed by atoms with Gasteiger partial charge in [-0.3, -0.25) is 15.0 Å². The number of nitrogens with one attached hydrogen (secondary N) is 2.